The quantitative estimate of drug-likeness (QED) is 0.677. The average molecular weight is 367 g/mol. The highest BCUT2D eigenvalue weighted by atomic mass is 35.5. The lowest BCUT2D eigenvalue weighted by molar-refractivity contribution is 0.102. The van der Waals surface area contributed by atoms with Gasteiger partial charge in [-0.25, -0.2) is 0 Å². The molecule has 2 N–H and O–H groups in total. The zero-order valence-corrected chi connectivity index (χ0v) is 14.4. The molecule has 0 radical (unpaired) electrons. The molecular weight excluding hydrogens is 352 g/mol. The molecule has 0 aliphatic carbocycles. The summed E-state index contributed by atoms with van der Waals surface area (Å²) < 4.78 is 10.7. The fraction of sp³-hybridized carbons (Fsp3) is 0.0500. The molecule has 0 saturated carbocycles. The van der Waals surface area contributed by atoms with E-state index < -0.39 is 0 Å². The molecule has 0 unspecified atom stereocenters. The molecule has 0 aromatic heterocycles. The van der Waals surface area contributed by atoms with Crippen LogP contribution in [0.2, 0.25) is 5.02 Å². The number of anilines is 3. The van der Waals surface area contributed by atoms with Crippen molar-refractivity contribution in [3.05, 3.63) is 77.3 Å². The van der Waals surface area contributed by atoms with Crippen LogP contribution in [0.15, 0.2) is 66.7 Å². The largest absolute Gasteiger partial charge is 0.454 e. The van der Waals surface area contributed by atoms with E-state index in [9.17, 15) is 4.79 Å². The number of carbonyl (C=O) groups is 1. The molecule has 5 nitrogen and oxygen atoms in total. The number of nitrogens with one attached hydrogen (secondary N) is 2. The first-order valence-corrected chi connectivity index (χ1v) is 8.39. The Kier molecular flexibility index (Phi) is 4.37. The van der Waals surface area contributed by atoms with Gasteiger partial charge in [0.15, 0.2) is 11.5 Å². The maximum atomic E-state index is 12.2. The SMILES string of the molecule is O=C(Nc1ccc(Nc2ccc3c(c2)OCO3)cc1)c1cccc(Cl)c1. The summed E-state index contributed by atoms with van der Waals surface area (Å²) in [6.07, 6.45) is 0. The number of hydrogen-bond acceptors (Lipinski definition) is 4. The van der Waals surface area contributed by atoms with Gasteiger partial charge in [-0.2, -0.15) is 0 Å². The fourth-order valence-electron chi connectivity index (χ4n) is 2.61. The first kappa shape index (κ1) is 16.3. The molecule has 1 aliphatic heterocycles. The number of benzene rings is 3. The van der Waals surface area contributed by atoms with Crippen molar-refractivity contribution in [1.29, 1.82) is 0 Å². The average Bonchev–Trinajstić information content (AvgIpc) is 3.11. The second-order valence-corrected chi connectivity index (χ2v) is 6.17. The molecule has 6 heteroatoms. The van der Waals surface area contributed by atoms with Crippen LogP contribution in [-0.2, 0) is 0 Å². The van der Waals surface area contributed by atoms with E-state index in [0.717, 1.165) is 22.9 Å². The van der Waals surface area contributed by atoms with Gasteiger partial charge in [-0.15, -0.1) is 0 Å². The summed E-state index contributed by atoms with van der Waals surface area (Å²) in [5, 5.41) is 6.66. The van der Waals surface area contributed by atoms with E-state index in [1.54, 1.807) is 24.3 Å². The number of ether oxygens (including phenoxy) is 2. The van der Waals surface area contributed by atoms with E-state index in [1.807, 2.05) is 42.5 Å². The second-order valence-electron chi connectivity index (χ2n) is 5.73. The molecule has 130 valence electrons. The highest BCUT2D eigenvalue weighted by molar-refractivity contribution is 6.31. The van der Waals surface area contributed by atoms with E-state index in [1.165, 1.54) is 0 Å². The summed E-state index contributed by atoms with van der Waals surface area (Å²) in [7, 11) is 0. The Labute approximate surface area is 155 Å². The minimum absolute atomic E-state index is 0.205. The highest BCUT2D eigenvalue weighted by Gasteiger charge is 2.13. The monoisotopic (exact) mass is 366 g/mol. The van der Waals surface area contributed by atoms with Crippen molar-refractivity contribution in [3.63, 3.8) is 0 Å². The van der Waals surface area contributed by atoms with Gasteiger partial charge in [0.1, 0.15) is 0 Å². The lowest BCUT2D eigenvalue weighted by Gasteiger charge is -2.09. The first-order valence-electron chi connectivity index (χ1n) is 8.01. The second kappa shape index (κ2) is 6.98. The van der Waals surface area contributed by atoms with Gasteiger partial charge < -0.3 is 20.1 Å². The summed E-state index contributed by atoms with van der Waals surface area (Å²) in [5.41, 5.74) is 3.00. The van der Waals surface area contributed by atoms with Gasteiger partial charge in [0.05, 0.1) is 0 Å². The lowest BCUT2D eigenvalue weighted by Crippen LogP contribution is -2.11. The van der Waals surface area contributed by atoms with Crippen LogP contribution in [-0.4, -0.2) is 12.7 Å². The first-order chi connectivity index (χ1) is 12.7. The molecule has 0 bridgehead atoms. The minimum Gasteiger partial charge on any atom is -0.454 e. The molecule has 3 aromatic carbocycles. The third-order valence-electron chi connectivity index (χ3n) is 3.89. The smallest absolute Gasteiger partial charge is 0.255 e. The number of fused-ring (bicyclic) bond motifs is 1. The van der Waals surface area contributed by atoms with Crippen LogP contribution in [0.5, 0.6) is 11.5 Å². The summed E-state index contributed by atoms with van der Waals surface area (Å²) in [4.78, 5) is 12.2. The predicted octanol–water partition coefficient (Wildman–Crippen LogP) is 5.06. The number of hydrogen-bond donors (Lipinski definition) is 2. The van der Waals surface area contributed by atoms with Crippen LogP contribution in [0, 0.1) is 0 Å². The van der Waals surface area contributed by atoms with Gasteiger partial charge in [-0.1, -0.05) is 17.7 Å². The topological polar surface area (TPSA) is 59.6 Å². The van der Waals surface area contributed by atoms with Gasteiger partial charge in [-0.3, -0.25) is 4.79 Å². The van der Waals surface area contributed by atoms with E-state index in [0.29, 0.717) is 16.3 Å². The molecule has 0 spiro atoms. The van der Waals surface area contributed by atoms with Crippen LogP contribution >= 0.6 is 11.6 Å². The molecule has 0 saturated heterocycles. The molecular formula is C20H15ClN2O3. The van der Waals surface area contributed by atoms with E-state index >= 15 is 0 Å². The van der Waals surface area contributed by atoms with Crippen molar-refractivity contribution in [1.82, 2.24) is 0 Å². The molecule has 4 rings (SSSR count). The maximum Gasteiger partial charge on any atom is 0.255 e. The Morgan fingerprint density at radius 2 is 1.58 bits per heavy atom. The molecule has 1 aliphatic rings. The fourth-order valence-corrected chi connectivity index (χ4v) is 2.80. The molecule has 1 heterocycles. The van der Waals surface area contributed by atoms with Gasteiger partial charge in [0.25, 0.3) is 5.91 Å². The van der Waals surface area contributed by atoms with Gasteiger partial charge >= 0.3 is 0 Å². The summed E-state index contributed by atoms with van der Waals surface area (Å²) in [6, 6.07) is 19.9. The summed E-state index contributed by atoms with van der Waals surface area (Å²) in [5.74, 6) is 1.26. The predicted molar refractivity (Wildman–Crippen MR) is 102 cm³/mol. The van der Waals surface area contributed by atoms with Crippen molar-refractivity contribution in [2.24, 2.45) is 0 Å². The number of amides is 1. The van der Waals surface area contributed by atoms with Gasteiger partial charge in [-0.05, 0) is 54.6 Å². The molecule has 26 heavy (non-hydrogen) atoms. The molecule has 3 aromatic rings. The minimum atomic E-state index is -0.205. The Bertz CT molecular complexity index is 958. The van der Waals surface area contributed by atoms with Crippen LogP contribution in [0.25, 0.3) is 0 Å². The summed E-state index contributed by atoms with van der Waals surface area (Å²) in [6.45, 7) is 0.250. The third kappa shape index (κ3) is 3.58. The van der Waals surface area contributed by atoms with Crippen LogP contribution in [0.4, 0.5) is 17.1 Å². The maximum absolute atomic E-state index is 12.2. The van der Waals surface area contributed by atoms with Crippen molar-refractivity contribution in [2.45, 2.75) is 0 Å². The standard InChI is InChI=1S/C20H15ClN2O3/c21-14-3-1-2-13(10-14)20(24)23-16-6-4-15(5-7-16)22-17-8-9-18-19(11-17)26-12-25-18/h1-11,22H,12H2,(H,23,24). The van der Waals surface area contributed by atoms with Gasteiger partial charge in [0, 0.05) is 33.7 Å². The van der Waals surface area contributed by atoms with Crippen LogP contribution < -0.4 is 20.1 Å². The lowest BCUT2D eigenvalue weighted by atomic mass is 10.2. The highest BCUT2D eigenvalue weighted by Crippen LogP contribution is 2.35. The Morgan fingerprint density at radius 3 is 2.38 bits per heavy atom. The van der Waals surface area contributed by atoms with Crippen molar-refractivity contribution < 1.29 is 14.3 Å². The third-order valence-corrected chi connectivity index (χ3v) is 4.13. The Balaban J connectivity index is 1.43. The normalized spacial score (nSPS) is 11.9. The van der Waals surface area contributed by atoms with E-state index in [2.05, 4.69) is 10.6 Å². The molecule has 0 atom stereocenters. The zero-order chi connectivity index (χ0) is 17.9. The molecule has 1 amide bonds. The zero-order valence-electron chi connectivity index (χ0n) is 13.7. The van der Waals surface area contributed by atoms with Crippen LogP contribution in [0.1, 0.15) is 10.4 Å². The summed E-state index contributed by atoms with van der Waals surface area (Å²) >= 11 is 5.92. The Hall–Kier alpha value is -3.18. The van der Waals surface area contributed by atoms with Gasteiger partial charge in [0.2, 0.25) is 6.79 Å². The van der Waals surface area contributed by atoms with Crippen molar-refractivity contribution in [2.75, 3.05) is 17.4 Å². The number of rotatable bonds is 4. The number of carbonyl (C=O) groups excluding carboxylic acids is 1. The molecule has 0 fully saturated rings. The van der Waals surface area contributed by atoms with Crippen molar-refractivity contribution >= 4 is 34.6 Å². The van der Waals surface area contributed by atoms with Crippen LogP contribution in [0.3, 0.4) is 0 Å². The van der Waals surface area contributed by atoms with E-state index in [4.69, 9.17) is 21.1 Å². The Morgan fingerprint density at radius 1 is 0.846 bits per heavy atom. The van der Waals surface area contributed by atoms with Crippen molar-refractivity contribution in [3.8, 4) is 11.5 Å². The number of halogens is 1. The van der Waals surface area contributed by atoms with E-state index in [-0.39, 0.29) is 12.7 Å².